The number of hydrogen-bond donors (Lipinski definition) is 1. The summed E-state index contributed by atoms with van der Waals surface area (Å²) >= 11 is 0. The Kier molecular flexibility index (Phi) is 7.79. The normalized spacial score (nSPS) is 21.5. The molecular formula is C30H33F4N3O4. The highest BCUT2D eigenvalue weighted by atomic mass is 19.4. The van der Waals surface area contributed by atoms with Crippen molar-refractivity contribution < 1.29 is 36.7 Å². The molecule has 7 nitrogen and oxygen atoms in total. The van der Waals surface area contributed by atoms with Gasteiger partial charge in [0.05, 0.1) is 22.0 Å². The van der Waals surface area contributed by atoms with E-state index in [1.807, 2.05) is 31.2 Å². The molecular weight excluding hydrogens is 542 g/mol. The van der Waals surface area contributed by atoms with Gasteiger partial charge in [-0.05, 0) is 56.4 Å². The molecule has 220 valence electrons. The van der Waals surface area contributed by atoms with E-state index in [2.05, 4.69) is 5.32 Å². The number of likely N-dealkylation sites (tertiary alicyclic amines) is 2. The topological polar surface area (TPSA) is 86.8 Å². The standard InChI is InChI=1S/C30H33F4N3O4/c1-17(2)23(35-24(38)21-16-20(30(32,33)34)10-11-22(21)31)25(39)37-14-12-29(13-15-37)27(41)36(5)26(40)28(29,4)19-8-6-18(3)7-9-19/h6-11,16-17,23H,12-15H2,1-5H3,(H,35,38)/t23-,28?/m1/s1. The highest BCUT2D eigenvalue weighted by Crippen LogP contribution is 2.55. The minimum atomic E-state index is -4.78. The van der Waals surface area contributed by atoms with Crippen LogP contribution in [0.4, 0.5) is 17.6 Å². The molecule has 2 atom stereocenters. The molecule has 0 bridgehead atoms. The first-order chi connectivity index (χ1) is 19.0. The van der Waals surface area contributed by atoms with Gasteiger partial charge in [0.15, 0.2) is 0 Å². The average Bonchev–Trinajstić information content (AvgIpc) is 3.05. The van der Waals surface area contributed by atoms with Crippen LogP contribution >= 0.6 is 0 Å². The predicted molar refractivity (Wildman–Crippen MR) is 142 cm³/mol. The fraction of sp³-hybridized carbons (Fsp3) is 0.467. The molecule has 11 heteroatoms. The summed E-state index contributed by atoms with van der Waals surface area (Å²) in [5.74, 6) is -3.89. The van der Waals surface area contributed by atoms with Crippen LogP contribution in [0.15, 0.2) is 42.5 Å². The first-order valence-corrected chi connectivity index (χ1v) is 13.4. The molecule has 2 fully saturated rings. The van der Waals surface area contributed by atoms with Crippen molar-refractivity contribution in [2.24, 2.45) is 11.3 Å². The minimum Gasteiger partial charge on any atom is -0.341 e. The molecule has 4 rings (SSSR count). The van der Waals surface area contributed by atoms with Gasteiger partial charge in [0, 0.05) is 20.1 Å². The number of carbonyl (C=O) groups excluding carboxylic acids is 4. The number of imide groups is 1. The van der Waals surface area contributed by atoms with Gasteiger partial charge in [0.1, 0.15) is 11.9 Å². The maximum absolute atomic E-state index is 14.3. The lowest BCUT2D eigenvalue weighted by molar-refractivity contribution is -0.145. The zero-order valence-corrected chi connectivity index (χ0v) is 23.6. The van der Waals surface area contributed by atoms with E-state index in [9.17, 15) is 36.7 Å². The molecule has 2 heterocycles. The van der Waals surface area contributed by atoms with Crippen LogP contribution in [0.3, 0.4) is 0 Å². The van der Waals surface area contributed by atoms with Crippen LogP contribution in [0.5, 0.6) is 0 Å². The van der Waals surface area contributed by atoms with Crippen LogP contribution in [0.2, 0.25) is 0 Å². The maximum Gasteiger partial charge on any atom is 0.416 e. The minimum absolute atomic E-state index is 0.115. The quantitative estimate of drug-likeness (QED) is 0.421. The molecule has 2 aromatic rings. The Morgan fingerprint density at radius 1 is 0.976 bits per heavy atom. The molecule has 0 saturated carbocycles. The lowest BCUT2D eigenvalue weighted by Crippen LogP contribution is -2.57. The Labute approximate surface area is 235 Å². The van der Waals surface area contributed by atoms with Gasteiger partial charge in [0.25, 0.3) is 5.91 Å². The van der Waals surface area contributed by atoms with Gasteiger partial charge in [-0.25, -0.2) is 4.39 Å². The Balaban J connectivity index is 1.56. The van der Waals surface area contributed by atoms with Crippen molar-refractivity contribution in [2.75, 3.05) is 20.1 Å². The second-order valence-corrected chi connectivity index (χ2v) is 11.5. The van der Waals surface area contributed by atoms with Crippen molar-refractivity contribution >= 4 is 23.6 Å². The first-order valence-electron chi connectivity index (χ1n) is 13.4. The molecule has 2 aliphatic heterocycles. The third kappa shape index (κ3) is 4.99. The number of alkyl halides is 3. The lowest BCUT2D eigenvalue weighted by Gasteiger charge is -2.46. The van der Waals surface area contributed by atoms with Crippen molar-refractivity contribution in [3.63, 3.8) is 0 Å². The average molecular weight is 576 g/mol. The number of halogens is 4. The number of nitrogens with one attached hydrogen (secondary N) is 1. The van der Waals surface area contributed by atoms with Crippen LogP contribution in [0, 0.1) is 24.1 Å². The molecule has 4 amide bonds. The van der Waals surface area contributed by atoms with Gasteiger partial charge in [-0.3, -0.25) is 24.1 Å². The highest BCUT2D eigenvalue weighted by Gasteiger charge is 2.67. The summed E-state index contributed by atoms with van der Waals surface area (Å²) in [7, 11) is 1.46. The van der Waals surface area contributed by atoms with Crippen LogP contribution in [0.1, 0.15) is 60.7 Å². The molecule has 0 aromatic heterocycles. The summed E-state index contributed by atoms with van der Waals surface area (Å²) in [6.07, 6.45) is -4.39. The van der Waals surface area contributed by atoms with Gasteiger partial charge in [-0.2, -0.15) is 13.2 Å². The largest absolute Gasteiger partial charge is 0.416 e. The monoisotopic (exact) mass is 575 g/mol. The van der Waals surface area contributed by atoms with Gasteiger partial charge < -0.3 is 10.2 Å². The van der Waals surface area contributed by atoms with Crippen molar-refractivity contribution in [3.05, 3.63) is 70.5 Å². The fourth-order valence-corrected chi connectivity index (χ4v) is 6.08. The summed E-state index contributed by atoms with van der Waals surface area (Å²) in [6.45, 7) is 7.22. The number of nitrogens with zero attached hydrogens (tertiary/aromatic N) is 2. The van der Waals surface area contributed by atoms with Gasteiger partial charge in [0.2, 0.25) is 17.7 Å². The van der Waals surface area contributed by atoms with E-state index in [1.165, 1.54) is 11.9 Å². The van der Waals surface area contributed by atoms with Crippen molar-refractivity contribution in [1.82, 2.24) is 15.1 Å². The first kappa shape index (κ1) is 30.2. The van der Waals surface area contributed by atoms with E-state index < -0.39 is 57.7 Å². The molecule has 1 spiro atoms. The SMILES string of the molecule is Cc1ccc(C2(C)C(=O)N(C)C(=O)C23CCN(C(=O)[C@H](NC(=O)c2cc(C(F)(F)F)ccc2F)C(C)C)CC3)cc1. The maximum atomic E-state index is 14.3. The van der Waals surface area contributed by atoms with Crippen molar-refractivity contribution in [3.8, 4) is 0 Å². The summed E-state index contributed by atoms with van der Waals surface area (Å²) in [6, 6.07) is 7.82. The smallest absolute Gasteiger partial charge is 0.341 e. The van der Waals surface area contributed by atoms with E-state index in [1.54, 1.807) is 20.8 Å². The molecule has 0 aliphatic carbocycles. The lowest BCUT2D eigenvalue weighted by atomic mass is 9.58. The van der Waals surface area contributed by atoms with Crippen LogP contribution in [-0.4, -0.2) is 59.6 Å². The Hall–Kier alpha value is -3.76. The number of aryl methyl sites for hydroxylation is 1. The molecule has 41 heavy (non-hydrogen) atoms. The molecule has 2 aromatic carbocycles. The highest BCUT2D eigenvalue weighted by molar-refractivity contribution is 6.12. The zero-order valence-electron chi connectivity index (χ0n) is 23.6. The van der Waals surface area contributed by atoms with Gasteiger partial charge in [-0.15, -0.1) is 0 Å². The number of amides is 4. The fourth-order valence-electron chi connectivity index (χ4n) is 6.08. The van der Waals surface area contributed by atoms with E-state index in [0.29, 0.717) is 23.8 Å². The van der Waals surface area contributed by atoms with E-state index in [-0.39, 0.29) is 37.7 Å². The zero-order chi connectivity index (χ0) is 30.5. The van der Waals surface area contributed by atoms with E-state index >= 15 is 0 Å². The molecule has 0 radical (unpaired) electrons. The second kappa shape index (κ2) is 10.6. The van der Waals surface area contributed by atoms with Crippen LogP contribution in [-0.2, 0) is 26.0 Å². The van der Waals surface area contributed by atoms with Crippen LogP contribution in [0.25, 0.3) is 0 Å². The second-order valence-electron chi connectivity index (χ2n) is 11.5. The summed E-state index contributed by atoms with van der Waals surface area (Å²) in [4.78, 5) is 56.0. The third-order valence-corrected chi connectivity index (χ3v) is 8.72. The molecule has 1 N–H and O–H groups in total. The van der Waals surface area contributed by atoms with Crippen molar-refractivity contribution in [2.45, 2.75) is 58.2 Å². The summed E-state index contributed by atoms with van der Waals surface area (Å²) in [5, 5.41) is 2.41. The number of carbonyl (C=O) groups is 4. The number of piperidine rings is 1. The Morgan fingerprint density at radius 2 is 1.56 bits per heavy atom. The summed E-state index contributed by atoms with van der Waals surface area (Å²) in [5.41, 5.74) is -2.51. The van der Waals surface area contributed by atoms with Gasteiger partial charge in [-0.1, -0.05) is 43.7 Å². The van der Waals surface area contributed by atoms with Crippen molar-refractivity contribution in [1.29, 1.82) is 0 Å². The Bertz CT molecular complexity index is 1380. The molecule has 2 saturated heterocycles. The van der Waals surface area contributed by atoms with Gasteiger partial charge >= 0.3 is 6.18 Å². The van der Waals surface area contributed by atoms with Crippen LogP contribution < -0.4 is 5.32 Å². The predicted octanol–water partition coefficient (Wildman–Crippen LogP) is 4.47. The van der Waals surface area contributed by atoms with E-state index in [4.69, 9.17) is 0 Å². The third-order valence-electron chi connectivity index (χ3n) is 8.72. The number of benzene rings is 2. The van der Waals surface area contributed by atoms with E-state index in [0.717, 1.165) is 10.5 Å². The summed E-state index contributed by atoms with van der Waals surface area (Å²) < 4.78 is 53.8. The number of likely N-dealkylation sites (N-methyl/N-ethyl adjacent to an activating group) is 1. The number of hydrogen-bond acceptors (Lipinski definition) is 4. The number of rotatable bonds is 5. The Morgan fingerprint density at radius 3 is 2.10 bits per heavy atom. The molecule has 1 unspecified atom stereocenters. The molecule has 2 aliphatic rings.